The lowest BCUT2D eigenvalue weighted by Gasteiger charge is -2.33. The normalized spacial score (nSPS) is 14.7. The Morgan fingerprint density at radius 1 is 0.953 bits per heavy atom. The molecule has 3 aromatic rings. The summed E-state index contributed by atoms with van der Waals surface area (Å²) in [4.78, 5) is 28.2. The third kappa shape index (κ3) is 7.82. The van der Waals surface area contributed by atoms with Crippen LogP contribution in [0.5, 0.6) is 0 Å². The molecule has 0 aliphatic heterocycles. The summed E-state index contributed by atoms with van der Waals surface area (Å²) in [7, 11) is -4.61. The Morgan fingerprint density at radius 2 is 1.58 bits per heavy atom. The van der Waals surface area contributed by atoms with E-state index in [4.69, 9.17) is 23.2 Å². The molecule has 1 fully saturated rings. The van der Waals surface area contributed by atoms with Gasteiger partial charge in [-0.1, -0.05) is 72.4 Å². The second kappa shape index (κ2) is 13.6. The number of benzene rings is 3. The molecule has 1 unspecified atom stereocenters. The van der Waals surface area contributed by atoms with Crippen LogP contribution >= 0.6 is 23.2 Å². The zero-order chi connectivity index (χ0) is 31.4. The van der Waals surface area contributed by atoms with Crippen LogP contribution in [0.4, 0.5) is 18.9 Å². The van der Waals surface area contributed by atoms with E-state index in [9.17, 15) is 31.2 Å². The summed E-state index contributed by atoms with van der Waals surface area (Å²) in [5.41, 5.74) is -1.19. The number of hydrogen-bond acceptors (Lipinski definition) is 4. The number of hydrogen-bond donors (Lipinski definition) is 1. The van der Waals surface area contributed by atoms with Crippen LogP contribution in [0.3, 0.4) is 0 Å². The maximum Gasteiger partial charge on any atom is 0.416 e. The Kier molecular flexibility index (Phi) is 10.3. The number of sulfonamides is 1. The minimum atomic E-state index is -4.81. The largest absolute Gasteiger partial charge is 0.416 e. The Bertz CT molecular complexity index is 1570. The maximum absolute atomic E-state index is 14.0. The molecule has 13 heteroatoms. The van der Waals surface area contributed by atoms with E-state index in [0.29, 0.717) is 21.0 Å². The first-order chi connectivity index (χ1) is 20.3. The molecule has 230 valence electrons. The van der Waals surface area contributed by atoms with Crippen LogP contribution in [0, 0.1) is 0 Å². The minimum absolute atomic E-state index is 0.0499. The van der Waals surface area contributed by atoms with Gasteiger partial charge < -0.3 is 10.2 Å². The van der Waals surface area contributed by atoms with E-state index in [0.717, 1.165) is 37.8 Å². The first-order valence-electron chi connectivity index (χ1n) is 13.6. The molecular formula is C30H30Cl2F3N3O4S. The van der Waals surface area contributed by atoms with E-state index in [1.807, 2.05) is 0 Å². The van der Waals surface area contributed by atoms with Gasteiger partial charge in [0.25, 0.3) is 10.0 Å². The van der Waals surface area contributed by atoms with Gasteiger partial charge in [-0.25, -0.2) is 8.42 Å². The number of nitrogens with zero attached hydrogens (tertiary/aromatic N) is 2. The van der Waals surface area contributed by atoms with Crippen LogP contribution in [-0.2, 0) is 32.3 Å². The number of alkyl halides is 3. The zero-order valence-corrected chi connectivity index (χ0v) is 25.5. The molecule has 2 amide bonds. The maximum atomic E-state index is 14.0. The van der Waals surface area contributed by atoms with E-state index >= 15 is 0 Å². The third-order valence-electron chi connectivity index (χ3n) is 7.32. The van der Waals surface area contributed by atoms with Crippen LogP contribution < -0.4 is 9.62 Å². The van der Waals surface area contributed by atoms with E-state index < -0.39 is 51.9 Å². The lowest BCUT2D eigenvalue weighted by atomic mass is 10.1. The second-order valence-corrected chi connectivity index (χ2v) is 12.9. The molecule has 0 heterocycles. The van der Waals surface area contributed by atoms with Crippen molar-refractivity contribution in [2.75, 3.05) is 10.8 Å². The molecule has 0 radical (unpaired) electrons. The highest BCUT2D eigenvalue weighted by atomic mass is 35.5. The quantitative estimate of drug-likeness (QED) is 0.264. The molecule has 0 saturated heterocycles. The van der Waals surface area contributed by atoms with Crippen LogP contribution in [0.2, 0.25) is 10.0 Å². The molecular weight excluding hydrogens is 626 g/mol. The minimum Gasteiger partial charge on any atom is -0.352 e. The van der Waals surface area contributed by atoms with Crippen molar-refractivity contribution >= 4 is 50.7 Å². The predicted molar refractivity (Wildman–Crippen MR) is 159 cm³/mol. The molecule has 4 rings (SSSR count). The van der Waals surface area contributed by atoms with Gasteiger partial charge in [-0.15, -0.1) is 0 Å². The number of carbonyl (C=O) groups excluding carboxylic acids is 2. The second-order valence-electron chi connectivity index (χ2n) is 10.3. The zero-order valence-electron chi connectivity index (χ0n) is 23.2. The van der Waals surface area contributed by atoms with Crippen molar-refractivity contribution in [2.24, 2.45) is 0 Å². The van der Waals surface area contributed by atoms with Crippen molar-refractivity contribution in [1.29, 1.82) is 0 Å². The molecule has 1 saturated carbocycles. The first-order valence-corrected chi connectivity index (χ1v) is 15.8. The van der Waals surface area contributed by atoms with Crippen molar-refractivity contribution in [3.63, 3.8) is 0 Å². The van der Waals surface area contributed by atoms with Gasteiger partial charge in [0.1, 0.15) is 12.6 Å². The Hall–Kier alpha value is -3.28. The first kappa shape index (κ1) is 32.6. The summed E-state index contributed by atoms with van der Waals surface area (Å²) in [6.07, 6.45) is -1.28. The number of carbonyl (C=O) groups is 2. The average molecular weight is 657 g/mol. The summed E-state index contributed by atoms with van der Waals surface area (Å²) in [6, 6.07) is 14.8. The molecule has 43 heavy (non-hydrogen) atoms. The van der Waals surface area contributed by atoms with Gasteiger partial charge in [0, 0.05) is 17.6 Å². The summed E-state index contributed by atoms with van der Waals surface area (Å²) >= 11 is 12.6. The Morgan fingerprint density at radius 3 is 2.21 bits per heavy atom. The van der Waals surface area contributed by atoms with Gasteiger partial charge in [-0.3, -0.25) is 13.9 Å². The van der Waals surface area contributed by atoms with Crippen molar-refractivity contribution in [3.05, 3.63) is 94.0 Å². The summed E-state index contributed by atoms with van der Waals surface area (Å²) in [5, 5.41) is 2.95. The molecule has 1 aliphatic carbocycles. The summed E-state index contributed by atoms with van der Waals surface area (Å²) in [5.74, 6) is -1.29. The van der Waals surface area contributed by atoms with Crippen molar-refractivity contribution in [3.8, 4) is 0 Å². The van der Waals surface area contributed by atoms with Gasteiger partial charge in [0.15, 0.2) is 0 Å². The molecule has 7 nitrogen and oxygen atoms in total. The number of anilines is 1. The molecule has 0 bridgehead atoms. The number of rotatable bonds is 10. The van der Waals surface area contributed by atoms with E-state index in [1.54, 1.807) is 30.3 Å². The van der Waals surface area contributed by atoms with Gasteiger partial charge in [0.2, 0.25) is 11.8 Å². The summed E-state index contributed by atoms with van der Waals surface area (Å²) in [6.45, 7) is 0.406. The fourth-order valence-electron chi connectivity index (χ4n) is 4.90. The number of halogens is 5. The number of amides is 2. The smallest absolute Gasteiger partial charge is 0.352 e. The molecule has 3 aromatic carbocycles. The standard InChI is InChI=1S/C30H30Cl2F3N3O4S/c1-20(29(40)36-23-10-6-7-11-23)37(18-21-9-5-8-14-25(21)31)28(39)19-38(43(41,42)24-12-3-2-4-13-24)27-17-22(30(33,34)35)15-16-26(27)32/h2-5,8-9,12-17,20,23H,6-7,10-11,18-19H2,1H3,(H,36,40). The third-order valence-corrected chi connectivity index (χ3v) is 9.78. The van der Waals surface area contributed by atoms with Gasteiger partial charge in [-0.05, 0) is 61.7 Å². The van der Waals surface area contributed by atoms with Gasteiger partial charge in [0.05, 0.1) is 21.2 Å². The topological polar surface area (TPSA) is 86.8 Å². The molecule has 1 N–H and O–H groups in total. The van der Waals surface area contributed by atoms with Crippen LogP contribution in [0.15, 0.2) is 77.7 Å². The van der Waals surface area contributed by atoms with Crippen LogP contribution in [0.1, 0.15) is 43.7 Å². The predicted octanol–water partition coefficient (Wildman–Crippen LogP) is 6.68. The van der Waals surface area contributed by atoms with Crippen molar-refractivity contribution in [1.82, 2.24) is 10.2 Å². The fraction of sp³-hybridized carbons (Fsp3) is 0.333. The molecule has 0 spiro atoms. The highest BCUT2D eigenvalue weighted by Gasteiger charge is 2.37. The Balaban J connectivity index is 1.77. The molecule has 1 atom stereocenters. The Labute approximate surface area is 258 Å². The van der Waals surface area contributed by atoms with Gasteiger partial charge in [-0.2, -0.15) is 13.2 Å². The van der Waals surface area contributed by atoms with Crippen LogP contribution in [-0.4, -0.2) is 43.8 Å². The fourth-order valence-corrected chi connectivity index (χ4v) is 6.81. The SMILES string of the molecule is CC(C(=O)NC1CCCC1)N(Cc1ccccc1Cl)C(=O)CN(c1cc(C(F)(F)F)ccc1Cl)S(=O)(=O)c1ccccc1. The van der Waals surface area contributed by atoms with Crippen molar-refractivity contribution < 1.29 is 31.2 Å². The van der Waals surface area contributed by atoms with Crippen LogP contribution in [0.25, 0.3) is 0 Å². The lowest BCUT2D eigenvalue weighted by Crippen LogP contribution is -2.52. The average Bonchev–Trinajstić information content (AvgIpc) is 3.48. The van der Waals surface area contributed by atoms with Crippen molar-refractivity contribution in [2.45, 2.75) is 62.3 Å². The van der Waals surface area contributed by atoms with Gasteiger partial charge >= 0.3 is 6.18 Å². The highest BCUT2D eigenvalue weighted by molar-refractivity contribution is 7.92. The highest BCUT2D eigenvalue weighted by Crippen LogP contribution is 2.37. The molecule has 0 aromatic heterocycles. The monoisotopic (exact) mass is 655 g/mol. The van der Waals surface area contributed by atoms with E-state index in [-0.39, 0.29) is 22.5 Å². The summed E-state index contributed by atoms with van der Waals surface area (Å²) < 4.78 is 69.3. The van der Waals surface area contributed by atoms with E-state index in [1.165, 1.54) is 36.1 Å². The molecule has 1 aliphatic rings. The lowest BCUT2D eigenvalue weighted by molar-refractivity contribution is -0.139. The van der Waals surface area contributed by atoms with E-state index in [2.05, 4.69) is 5.32 Å². The number of nitrogens with one attached hydrogen (secondary N) is 1.